The molecule has 10 aromatic rings. The van der Waals surface area contributed by atoms with Gasteiger partial charge in [-0.05, 0) is 122 Å². The fraction of sp³-hybridized carbons (Fsp3) is 0. The summed E-state index contributed by atoms with van der Waals surface area (Å²) in [5.74, 6) is 0. The van der Waals surface area contributed by atoms with Crippen LogP contribution in [0.15, 0.2) is 200 Å². The first-order chi connectivity index (χ1) is 25.7. The monoisotopic (exact) mass is 679 g/mol. The molecular formula is C50H33NS. The first-order valence-electron chi connectivity index (χ1n) is 17.7. The second kappa shape index (κ2) is 12.7. The van der Waals surface area contributed by atoms with Crippen LogP contribution in [0.2, 0.25) is 0 Å². The Balaban J connectivity index is 1.07. The quantitative estimate of drug-likeness (QED) is 0.169. The van der Waals surface area contributed by atoms with Crippen molar-refractivity contribution in [3.63, 3.8) is 0 Å². The lowest BCUT2D eigenvalue weighted by Gasteiger charge is -2.26. The number of nitrogens with zero attached hydrogens (tertiary/aromatic N) is 1. The highest BCUT2D eigenvalue weighted by atomic mass is 32.1. The summed E-state index contributed by atoms with van der Waals surface area (Å²) in [5, 5.41) is 7.52. The third-order valence-corrected chi connectivity index (χ3v) is 11.3. The highest BCUT2D eigenvalue weighted by Crippen LogP contribution is 2.42. The predicted molar refractivity (Wildman–Crippen MR) is 225 cm³/mol. The van der Waals surface area contributed by atoms with Crippen LogP contribution in [0.25, 0.3) is 75.1 Å². The smallest absolute Gasteiger partial charge is 0.0468 e. The standard InChI is InChI=1S/C50H33NS/c1-3-10-34(11-4-1)37-14-9-15-44(31-37)51(46-26-27-50-48(33-46)47-16-7-8-17-49(47)52-50)45-25-24-41-28-39(22-23-42(41)32-45)40-21-19-36-18-20-38(29-43(36)30-40)35-12-5-2-6-13-35/h1-33H. The molecule has 0 N–H and O–H groups in total. The van der Waals surface area contributed by atoms with Gasteiger partial charge in [0, 0.05) is 37.2 Å². The predicted octanol–water partition coefficient (Wildman–Crippen LogP) is 14.8. The Morgan fingerprint density at radius 3 is 1.52 bits per heavy atom. The molecule has 0 aliphatic rings. The van der Waals surface area contributed by atoms with Crippen molar-refractivity contribution in [1.82, 2.24) is 0 Å². The van der Waals surface area contributed by atoms with Gasteiger partial charge in [0.25, 0.3) is 0 Å². The van der Waals surface area contributed by atoms with Gasteiger partial charge in [-0.1, -0.05) is 133 Å². The summed E-state index contributed by atoms with van der Waals surface area (Å²) in [4.78, 5) is 2.40. The molecule has 1 heterocycles. The Bertz CT molecular complexity index is 2910. The summed E-state index contributed by atoms with van der Waals surface area (Å²) in [6.45, 7) is 0. The molecule has 0 saturated heterocycles. The summed E-state index contributed by atoms with van der Waals surface area (Å²) < 4.78 is 2.62. The third kappa shape index (κ3) is 5.51. The highest BCUT2D eigenvalue weighted by molar-refractivity contribution is 7.25. The maximum atomic E-state index is 2.40. The van der Waals surface area contributed by atoms with Gasteiger partial charge in [0.05, 0.1) is 0 Å². The van der Waals surface area contributed by atoms with Crippen molar-refractivity contribution in [3.05, 3.63) is 200 Å². The van der Waals surface area contributed by atoms with Crippen molar-refractivity contribution in [2.75, 3.05) is 4.90 Å². The zero-order valence-electron chi connectivity index (χ0n) is 28.4. The van der Waals surface area contributed by atoms with E-state index >= 15 is 0 Å². The molecular weight excluding hydrogens is 647 g/mol. The minimum absolute atomic E-state index is 1.13. The van der Waals surface area contributed by atoms with Gasteiger partial charge < -0.3 is 4.90 Å². The first kappa shape index (κ1) is 30.4. The Kier molecular flexibility index (Phi) is 7.41. The molecule has 0 aliphatic carbocycles. The van der Waals surface area contributed by atoms with Crippen molar-refractivity contribution < 1.29 is 0 Å². The van der Waals surface area contributed by atoms with E-state index < -0.39 is 0 Å². The van der Waals surface area contributed by atoms with Gasteiger partial charge in [0.15, 0.2) is 0 Å². The molecule has 0 bridgehead atoms. The molecule has 0 spiro atoms. The third-order valence-electron chi connectivity index (χ3n) is 10.2. The van der Waals surface area contributed by atoms with Crippen LogP contribution in [0, 0.1) is 0 Å². The molecule has 52 heavy (non-hydrogen) atoms. The average Bonchev–Trinajstić information content (AvgIpc) is 3.59. The van der Waals surface area contributed by atoms with E-state index in [1.807, 2.05) is 11.3 Å². The van der Waals surface area contributed by atoms with Crippen LogP contribution in [0.3, 0.4) is 0 Å². The second-order valence-electron chi connectivity index (χ2n) is 13.4. The van der Waals surface area contributed by atoms with Crippen molar-refractivity contribution in [1.29, 1.82) is 0 Å². The van der Waals surface area contributed by atoms with Crippen LogP contribution in [-0.4, -0.2) is 0 Å². The Morgan fingerprint density at radius 1 is 0.269 bits per heavy atom. The number of thiophene rings is 1. The minimum Gasteiger partial charge on any atom is -0.310 e. The van der Waals surface area contributed by atoms with E-state index in [-0.39, 0.29) is 0 Å². The maximum absolute atomic E-state index is 2.40. The number of anilines is 3. The lowest BCUT2D eigenvalue weighted by Crippen LogP contribution is -2.10. The molecule has 0 radical (unpaired) electrons. The fourth-order valence-corrected chi connectivity index (χ4v) is 8.63. The van der Waals surface area contributed by atoms with Gasteiger partial charge in [-0.3, -0.25) is 0 Å². The molecule has 244 valence electrons. The summed E-state index contributed by atoms with van der Waals surface area (Å²) in [5.41, 5.74) is 10.7. The Labute approximate surface area is 307 Å². The molecule has 0 fully saturated rings. The van der Waals surface area contributed by atoms with E-state index in [4.69, 9.17) is 0 Å². The van der Waals surface area contributed by atoms with E-state index in [0.29, 0.717) is 0 Å². The maximum Gasteiger partial charge on any atom is 0.0468 e. The zero-order valence-corrected chi connectivity index (χ0v) is 29.2. The number of fused-ring (bicyclic) bond motifs is 5. The van der Waals surface area contributed by atoms with Gasteiger partial charge >= 0.3 is 0 Å². The molecule has 0 amide bonds. The van der Waals surface area contributed by atoms with Crippen LogP contribution in [0.5, 0.6) is 0 Å². The van der Waals surface area contributed by atoms with Crippen molar-refractivity contribution in [3.8, 4) is 33.4 Å². The molecule has 2 heteroatoms. The van der Waals surface area contributed by atoms with Crippen molar-refractivity contribution in [2.45, 2.75) is 0 Å². The molecule has 1 nitrogen and oxygen atoms in total. The summed E-state index contributed by atoms with van der Waals surface area (Å²) in [6, 6.07) is 73.1. The SMILES string of the molecule is c1ccc(-c2cccc(N(c3ccc4cc(-c5ccc6ccc(-c7ccccc7)cc6c5)ccc4c3)c3ccc4sc5ccccc5c4c3)c2)cc1. The van der Waals surface area contributed by atoms with Gasteiger partial charge in [0.1, 0.15) is 0 Å². The van der Waals surface area contributed by atoms with Crippen molar-refractivity contribution >= 4 is 70.1 Å². The average molecular weight is 680 g/mol. The van der Waals surface area contributed by atoms with Crippen LogP contribution >= 0.6 is 11.3 Å². The van der Waals surface area contributed by atoms with Gasteiger partial charge in [-0.15, -0.1) is 11.3 Å². The number of hydrogen-bond acceptors (Lipinski definition) is 2. The highest BCUT2D eigenvalue weighted by Gasteiger charge is 2.16. The van der Waals surface area contributed by atoms with E-state index in [1.165, 1.54) is 75.1 Å². The van der Waals surface area contributed by atoms with E-state index in [1.54, 1.807) is 0 Å². The van der Waals surface area contributed by atoms with Gasteiger partial charge in [-0.25, -0.2) is 0 Å². The Hall–Kier alpha value is -6.48. The molecule has 0 unspecified atom stereocenters. The number of rotatable bonds is 6. The fourth-order valence-electron chi connectivity index (χ4n) is 7.54. The van der Waals surface area contributed by atoms with E-state index in [0.717, 1.165) is 17.1 Å². The molecule has 0 saturated carbocycles. The van der Waals surface area contributed by atoms with E-state index in [9.17, 15) is 0 Å². The molecule has 9 aromatic carbocycles. The van der Waals surface area contributed by atoms with Crippen LogP contribution in [0.4, 0.5) is 17.1 Å². The van der Waals surface area contributed by atoms with Crippen LogP contribution < -0.4 is 4.90 Å². The number of hydrogen-bond donors (Lipinski definition) is 0. The minimum atomic E-state index is 1.13. The Morgan fingerprint density at radius 2 is 0.769 bits per heavy atom. The van der Waals surface area contributed by atoms with Gasteiger partial charge in [0.2, 0.25) is 0 Å². The summed E-state index contributed by atoms with van der Waals surface area (Å²) in [6.07, 6.45) is 0. The van der Waals surface area contributed by atoms with Gasteiger partial charge in [-0.2, -0.15) is 0 Å². The topological polar surface area (TPSA) is 3.24 Å². The van der Waals surface area contributed by atoms with E-state index in [2.05, 4.69) is 205 Å². The molecule has 1 aromatic heterocycles. The number of benzene rings is 9. The lowest BCUT2D eigenvalue weighted by atomic mass is 9.96. The molecule has 0 aliphatic heterocycles. The van der Waals surface area contributed by atoms with Crippen LogP contribution in [-0.2, 0) is 0 Å². The first-order valence-corrected chi connectivity index (χ1v) is 18.6. The summed E-state index contributed by atoms with van der Waals surface area (Å²) >= 11 is 1.86. The van der Waals surface area contributed by atoms with Crippen molar-refractivity contribution in [2.24, 2.45) is 0 Å². The largest absolute Gasteiger partial charge is 0.310 e. The summed E-state index contributed by atoms with van der Waals surface area (Å²) in [7, 11) is 0. The molecule has 10 rings (SSSR count). The normalized spacial score (nSPS) is 11.5. The molecule has 0 atom stereocenters. The lowest BCUT2D eigenvalue weighted by molar-refractivity contribution is 1.30. The zero-order chi connectivity index (χ0) is 34.4. The van der Waals surface area contributed by atoms with Crippen LogP contribution in [0.1, 0.15) is 0 Å². The second-order valence-corrected chi connectivity index (χ2v) is 14.5.